The van der Waals surface area contributed by atoms with Crippen molar-refractivity contribution in [2.75, 3.05) is 13.6 Å². The molecule has 1 N–H and O–H groups in total. The number of hydrogen-bond acceptors (Lipinski definition) is 2. The minimum absolute atomic E-state index is 0.0168. The van der Waals surface area contributed by atoms with Crippen LogP contribution in [0.4, 0.5) is 0 Å². The van der Waals surface area contributed by atoms with Gasteiger partial charge in [-0.3, -0.25) is 9.47 Å². The van der Waals surface area contributed by atoms with Gasteiger partial charge in [-0.2, -0.15) is 0 Å². The third-order valence-electron chi connectivity index (χ3n) is 3.46. The van der Waals surface area contributed by atoms with Gasteiger partial charge in [0.05, 0.1) is 17.2 Å². The molecule has 0 spiro atoms. The number of rotatable bonds is 1. The lowest BCUT2D eigenvalue weighted by Gasteiger charge is -2.20. The van der Waals surface area contributed by atoms with E-state index >= 15 is 0 Å². The van der Waals surface area contributed by atoms with Crippen molar-refractivity contribution < 1.29 is 0 Å². The van der Waals surface area contributed by atoms with E-state index in [4.69, 9.17) is 0 Å². The summed E-state index contributed by atoms with van der Waals surface area (Å²) in [7, 11) is 2.07. The maximum absolute atomic E-state index is 12.0. The van der Waals surface area contributed by atoms with Crippen LogP contribution in [-0.2, 0) is 0 Å². The van der Waals surface area contributed by atoms with Crippen molar-refractivity contribution in [1.29, 1.82) is 0 Å². The van der Waals surface area contributed by atoms with Gasteiger partial charge in [-0.1, -0.05) is 15.9 Å². The van der Waals surface area contributed by atoms with Gasteiger partial charge < -0.3 is 4.98 Å². The van der Waals surface area contributed by atoms with Crippen molar-refractivity contribution in [3.05, 3.63) is 33.2 Å². The lowest BCUT2D eigenvalue weighted by atomic mass is 10.3. The molecule has 90 valence electrons. The Labute approximate surface area is 107 Å². The highest BCUT2D eigenvalue weighted by Gasteiger charge is 2.25. The SMILES string of the molecule is CN1CCCC1n1c(=O)[nH]c2cc(Br)ccc21. The fraction of sp³-hybridized carbons (Fsp3) is 0.417. The minimum atomic E-state index is -0.0168. The Hall–Kier alpha value is -1.07. The van der Waals surface area contributed by atoms with Crippen LogP contribution in [0.5, 0.6) is 0 Å². The zero-order valence-corrected chi connectivity index (χ0v) is 11.2. The van der Waals surface area contributed by atoms with E-state index in [2.05, 4.69) is 32.9 Å². The first-order chi connectivity index (χ1) is 8.16. The standard InChI is InChI=1S/C12H14BrN3O/c1-15-6-2-3-11(15)16-10-5-4-8(13)7-9(10)14-12(16)17/h4-5,7,11H,2-3,6H2,1H3,(H,14,17). The van der Waals surface area contributed by atoms with E-state index in [1.165, 1.54) is 0 Å². The van der Waals surface area contributed by atoms with Crippen LogP contribution < -0.4 is 5.69 Å². The maximum atomic E-state index is 12.0. The zero-order chi connectivity index (χ0) is 12.0. The summed E-state index contributed by atoms with van der Waals surface area (Å²) in [5, 5.41) is 0. The molecule has 1 atom stereocenters. The van der Waals surface area contributed by atoms with Crippen molar-refractivity contribution in [2.45, 2.75) is 19.0 Å². The number of imidazole rings is 1. The second kappa shape index (κ2) is 3.99. The predicted octanol–water partition coefficient (Wildman–Crippen LogP) is 2.32. The second-order valence-corrected chi connectivity index (χ2v) is 5.48. The van der Waals surface area contributed by atoms with Crippen LogP contribution in [0.15, 0.2) is 27.5 Å². The molecule has 1 fully saturated rings. The van der Waals surface area contributed by atoms with Crippen LogP contribution in [0, 0.1) is 0 Å². The van der Waals surface area contributed by atoms with Crippen molar-refractivity contribution in [3.8, 4) is 0 Å². The Morgan fingerprint density at radius 1 is 1.47 bits per heavy atom. The molecule has 1 aromatic carbocycles. The molecule has 5 heteroatoms. The predicted molar refractivity (Wildman–Crippen MR) is 71.2 cm³/mol. The molecule has 1 aliphatic rings. The van der Waals surface area contributed by atoms with E-state index < -0.39 is 0 Å². The van der Waals surface area contributed by atoms with Crippen molar-refractivity contribution in [3.63, 3.8) is 0 Å². The monoisotopic (exact) mass is 295 g/mol. The van der Waals surface area contributed by atoms with Gasteiger partial charge in [-0.05, 0) is 44.6 Å². The molecule has 3 rings (SSSR count). The molecule has 0 aliphatic carbocycles. The number of likely N-dealkylation sites (tertiary alicyclic amines) is 1. The second-order valence-electron chi connectivity index (χ2n) is 4.57. The summed E-state index contributed by atoms with van der Waals surface area (Å²) in [6, 6.07) is 5.91. The molecule has 1 aliphatic heterocycles. The summed E-state index contributed by atoms with van der Waals surface area (Å²) in [4.78, 5) is 17.2. The van der Waals surface area contributed by atoms with Crippen molar-refractivity contribution in [1.82, 2.24) is 14.5 Å². The van der Waals surface area contributed by atoms with E-state index in [0.717, 1.165) is 34.9 Å². The van der Waals surface area contributed by atoms with E-state index in [0.29, 0.717) is 0 Å². The third kappa shape index (κ3) is 1.73. The number of nitrogens with zero attached hydrogens (tertiary/aromatic N) is 2. The van der Waals surface area contributed by atoms with Crippen molar-refractivity contribution in [2.24, 2.45) is 0 Å². The Kier molecular flexibility index (Phi) is 2.60. The molecule has 0 amide bonds. The number of fused-ring (bicyclic) bond motifs is 1. The Morgan fingerprint density at radius 3 is 3.00 bits per heavy atom. The summed E-state index contributed by atoms with van der Waals surface area (Å²) in [6.07, 6.45) is 2.38. The van der Waals surface area contributed by atoms with Crippen LogP contribution >= 0.6 is 15.9 Å². The van der Waals surface area contributed by atoms with Crippen LogP contribution in [0.2, 0.25) is 0 Å². The van der Waals surface area contributed by atoms with Gasteiger partial charge in [0, 0.05) is 4.47 Å². The normalized spacial score (nSPS) is 21.4. The number of halogens is 1. The van der Waals surface area contributed by atoms with Gasteiger partial charge in [0.2, 0.25) is 0 Å². The van der Waals surface area contributed by atoms with Crippen LogP contribution in [0.3, 0.4) is 0 Å². The largest absolute Gasteiger partial charge is 0.327 e. The number of H-pyrrole nitrogens is 1. The summed E-state index contributed by atoms with van der Waals surface area (Å²) in [5.41, 5.74) is 1.86. The molecule has 17 heavy (non-hydrogen) atoms. The number of nitrogens with one attached hydrogen (secondary N) is 1. The fourth-order valence-corrected chi connectivity index (χ4v) is 2.98. The lowest BCUT2D eigenvalue weighted by molar-refractivity contribution is 0.238. The topological polar surface area (TPSA) is 41.0 Å². The van der Waals surface area contributed by atoms with Crippen LogP contribution in [0.25, 0.3) is 11.0 Å². The molecule has 2 heterocycles. The van der Waals surface area contributed by atoms with Gasteiger partial charge in [0.15, 0.2) is 0 Å². The minimum Gasteiger partial charge on any atom is -0.305 e. The van der Waals surface area contributed by atoms with Gasteiger partial charge in [0.25, 0.3) is 0 Å². The molecule has 0 saturated carbocycles. The number of aromatic nitrogens is 2. The molecule has 1 unspecified atom stereocenters. The smallest absolute Gasteiger partial charge is 0.305 e. The highest BCUT2D eigenvalue weighted by molar-refractivity contribution is 9.10. The van der Waals surface area contributed by atoms with Crippen molar-refractivity contribution >= 4 is 27.0 Å². The average molecular weight is 296 g/mol. The zero-order valence-electron chi connectivity index (χ0n) is 9.61. The molecule has 2 aromatic rings. The van der Waals surface area contributed by atoms with E-state index in [-0.39, 0.29) is 11.9 Å². The molecular weight excluding hydrogens is 282 g/mol. The van der Waals surface area contributed by atoms with E-state index in [1.54, 1.807) is 0 Å². The van der Waals surface area contributed by atoms with Gasteiger partial charge in [-0.15, -0.1) is 0 Å². The molecule has 0 bridgehead atoms. The molecule has 1 saturated heterocycles. The molecule has 1 aromatic heterocycles. The summed E-state index contributed by atoms with van der Waals surface area (Å²) in [5.74, 6) is 0. The first kappa shape index (κ1) is 11.0. The first-order valence-electron chi connectivity index (χ1n) is 5.77. The summed E-state index contributed by atoms with van der Waals surface area (Å²) < 4.78 is 2.85. The Morgan fingerprint density at radius 2 is 2.29 bits per heavy atom. The summed E-state index contributed by atoms with van der Waals surface area (Å²) in [6.45, 7) is 1.06. The van der Waals surface area contributed by atoms with Crippen LogP contribution in [0.1, 0.15) is 19.0 Å². The van der Waals surface area contributed by atoms with Gasteiger partial charge in [0.1, 0.15) is 0 Å². The number of hydrogen-bond donors (Lipinski definition) is 1. The van der Waals surface area contributed by atoms with Gasteiger partial charge in [-0.25, -0.2) is 4.79 Å². The fourth-order valence-electron chi connectivity index (χ4n) is 2.62. The average Bonchev–Trinajstić information content (AvgIpc) is 2.80. The molecular formula is C12H14BrN3O. The van der Waals surface area contributed by atoms with E-state index in [9.17, 15) is 4.79 Å². The number of aromatic amines is 1. The highest BCUT2D eigenvalue weighted by Crippen LogP contribution is 2.27. The Balaban J connectivity index is 2.22. The number of benzene rings is 1. The maximum Gasteiger partial charge on any atom is 0.327 e. The lowest BCUT2D eigenvalue weighted by Crippen LogP contribution is -2.30. The highest BCUT2D eigenvalue weighted by atomic mass is 79.9. The quantitative estimate of drug-likeness (QED) is 0.877. The Bertz CT molecular complexity index is 616. The molecule has 4 nitrogen and oxygen atoms in total. The van der Waals surface area contributed by atoms with Crippen LogP contribution in [-0.4, -0.2) is 28.0 Å². The first-order valence-corrected chi connectivity index (χ1v) is 6.56. The van der Waals surface area contributed by atoms with E-state index in [1.807, 2.05) is 22.8 Å². The molecule has 0 radical (unpaired) electrons. The van der Waals surface area contributed by atoms with Gasteiger partial charge >= 0.3 is 5.69 Å². The summed E-state index contributed by atoms with van der Waals surface area (Å²) >= 11 is 3.42. The third-order valence-corrected chi connectivity index (χ3v) is 3.95.